The second-order valence-corrected chi connectivity index (χ2v) is 10.4. The maximum atomic E-state index is 14.5. The van der Waals surface area contributed by atoms with Crippen molar-refractivity contribution in [1.82, 2.24) is 19.5 Å². The summed E-state index contributed by atoms with van der Waals surface area (Å²) in [6.07, 6.45) is -4.41. The summed E-state index contributed by atoms with van der Waals surface area (Å²) in [5, 5.41) is 12.1. The molecule has 2 amide bonds. The van der Waals surface area contributed by atoms with Crippen molar-refractivity contribution in [3.8, 4) is 0 Å². The van der Waals surface area contributed by atoms with Crippen LogP contribution in [0.3, 0.4) is 0 Å². The molecular formula is C16H22F2N5O7PS. The van der Waals surface area contributed by atoms with E-state index < -0.39 is 55.7 Å². The molecule has 3 rings (SSSR count). The highest BCUT2D eigenvalue weighted by Gasteiger charge is 2.60. The van der Waals surface area contributed by atoms with Gasteiger partial charge >= 0.3 is 11.6 Å². The van der Waals surface area contributed by atoms with E-state index in [2.05, 4.69) is 10.1 Å². The molecule has 0 aliphatic carbocycles. The fourth-order valence-electron chi connectivity index (χ4n) is 3.55. The number of amides is 2. The molecule has 3 heterocycles. The molecule has 2 fully saturated rings. The minimum absolute atomic E-state index is 0.185. The predicted molar refractivity (Wildman–Crippen MR) is 109 cm³/mol. The van der Waals surface area contributed by atoms with E-state index in [1.54, 1.807) is 0 Å². The molecule has 0 radical (unpaired) electrons. The van der Waals surface area contributed by atoms with E-state index in [1.807, 2.05) is 0 Å². The highest BCUT2D eigenvalue weighted by atomic mass is 32.7. The molecule has 0 aromatic carbocycles. The molecule has 1 aromatic heterocycles. The van der Waals surface area contributed by atoms with E-state index in [0.29, 0.717) is 24.0 Å². The fraction of sp³-hybridized carbons (Fsp3) is 0.625. The Bertz CT molecular complexity index is 952. The van der Waals surface area contributed by atoms with Crippen LogP contribution in [0.4, 0.5) is 14.6 Å². The van der Waals surface area contributed by atoms with Crippen molar-refractivity contribution in [2.75, 3.05) is 18.9 Å². The van der Waals surface area contributed by atoms with Gasteiger partial charge in [-0.15, -0.1) is 0 Å². The number of nitrogens with two attached hydrogens (primary N) is 1. The van der Waals surface area contributed by atoms with E-state index in [4.69, 9.17) is 27.2 Å². The molecule has 2 aliphatic rings. The number of nitrogens with one attached hydrogen (secondary N) is 1. The summed E-state index contributed by atoms with van der Waals surface area (Å²) in [5.41, 5.74) is 4.22. The van der Waals surface area contributed by atoms with Crippen LogP contribution in [0, 0.1) is 0 Å². The SMILES string of the molecule is CC(=O)N1CCCC1C(=O)N[P+](O)([S-])OC[C@H]1O[C@@H](n2ccc(N)nc2=O)C(F)(F)[C@@H]1O. The Labute approximate surface area is 186 Å². The monoisotopic (exact) mass is 497 g/mol. The number of anilines is 1. The molecular weight excluding hydrogens is 475 g/mol. The Morgan fingerprint density at radius 1 is 1.53 bits per heavy atom. The Morgan fingerprint density at radius 3 is 2.84 bits per heavy atom. The normalized spacial score (nSPS) is 29.0. The number of halogens is 2. The van der Waals surface area contributed by atoms with Gasteiger partial charge in [0.1, 0.15) is 24.6 Å². The van der Waals surface area contributed by atoms with Gasteiger partial charge in [0.25, 0.3) is 5.91 Å². The number of aromatic nitrogens is 2. The van der Waals surface area contributed by atoms with E-state index in [0.717, 1.165) is 12.3 Å². The lowest BCUT2D eigenvalue weighted by Crippen LogP contribution is -2.45. The lowest BCUT2D eigenvalue weighted by Gasteiger charge is -2.28. The molecule has 2 aliphatic heterocycles. The van der Waals surface area contributed by atoms with Crippen LogP contribution in [0.1, 0.15) is 26.0 Å². The molecule has 2 unspecified atom stereocenters. The number of carbonyl (C=O) groups is 2. The number of likely N-dealkylation sites (tertiary alicyclic amines) is 1. The second kappa shape index (κ2) is 9.15. The van der Waals surface area contributed by atoms with Crippen LogP contribution >= 0.6 is 7.07 Å². The molecule has 0 saturated carbocycles. The van der Waals surface area contributed by atoms with Gasteiger partial charge in [-0.1, -0.05) is 0 Å². The van der Waals surface area contributed by atoms with Crippen molar-refractivity contribution in [2.24, 2.45) is 0 Å². The molecule has 32 heavy (non-hydrogen) atoms. The summed E-state index contributed by atoms with van der Waals surface area (Å²) in [6.45, 7) is 0.870. The second-order valence-electron chi connectivity index (χ2n) is 7.35. The average molecular weight is 497 g/mol. The van der Waals surface area contributed by atoms with Gasteiger partial charge in [-0.25, -0.2) is 14.2 Å². The number of rotatable bonds is 6. The number of nitrogens with zero attached hydrogens (tertiary/aromatic N) is 3. The first-order valence-electron chi connectivity index (χ1n) is 9.46. The summed E-state index contributed by atoms with van der Waals surface area (Å²) in [7, 11) is -4.02. The molecule has 1 aromatic rings. The maximum absolute atomic E-state index is 14.5. The van der Waals surface area contributed by atoms with Crippen LogP contribution in [-0.2, 0) is 31.1 Å². The Kier molecular flexibility index (Phi) is 7.08. The Morgan fingerprint density at radius 2 is 2.22 bits per heavy atom. The van der Waals surface area contributed by atoms with Gasteiger partial charge in [0.2, 0.25) is 19.2 Å². The molecule has 16 heteroatoms. The Hall–Kier alpha value is -1.90. The standard InChI is InChI=1S/C16H22F2N5O7PS/c1-8(24)22-5-2-3-9(22)13(26)21-31(28,32)29-7-10-12(25)16(17,18)14(30-10)23-6-4-11(19)20-15(23)27/h4,6,9-10,12,14,25H,2-3,5,7H2,1H3,(H2,19,20,27)(H2,21,26,28,32)/t9?,10-,12-,14-,31?/m1/s1. The van der Waals surface area contributed by atoms with Crippen LogP contribution in [0.2, 0.25) is 0 Å². The number of aliphatic hydroxyl groups excluding tert-OH is 1. The topological polar surface area (TPSA) is 169 Å². The van der Waals surface area contributed by atoms with Gasteiger partial charge in [0.15, 0.2) is 6.10 Å². The van der Waals surface area contributed by atoms with Crippen molar-refractivity contribution < 1.29 is 37.6 Å². The number of aliphatic hydroxyl groups is 1. The number of carbonyl (C=O) groups excluding carboxylic acids is 2. The van der Waals surface area contributed by atoms with Crippen LogP contribution in [0.25, 0.3) is 0 Å². The zero-order valence-corrected chi connectivity index (χ0v) is 18.5. The summed E-state index contributed by atoms with van der Waals surface area (Å²) in [5.74, 6) is -5.16. The van der Waals surface area contributed by atoms with Crippen molar-refractivity contribution in [1.29, 1.82) is 0 Å². The maximum Gasteiger partial charge on any atom is 0.351 e. The van der Waals surface area contributed by atoms with Crippen molar-refractivity contribution in [3.63, 3.8) is 0 Å². The van der Waals surface area contributed by atoms with Crippen molar-refractivity contribution in [2.45, 2.75) is 50.2 Å². The number of hydrogen-bond donors (Lipinski definition) is 4. The highest BCUT2D eigenvalue weighted by molar-refractivity contribution is 8.37. The van der Waals surface area contributed by atoms with Crippen LogP contribution < -0.4 is 16.5 Å². The molecule has 5 atom stereocenters. The third-order valence-electron chi connectivity index (χ3n) is 5.11. The van der Waals surface area contributed by atoms with Crippen LogP contribution in [0.5, 0.6) is 0 Å². The van der Waals surface area contributed by atoms with Gasteiger partial charge in [0, 0.05) is 19.7 Å². The average Bonchev–Trinajstić information content (AvgIpc) is 3.25. The van der Waals surface area contributed by atoms with Crippen molar-refractivity contribution in [3.05, 3.63) is 22.7 Å². The van der Waals surface area contributed by atoms with E-state index in [9.17, 15) is 33.2 Å². The third-order valence-corrected chi connectivity index (χ3v) is 6.70. The van der Waals surface area contributed by atoms with E-state index in [1.165, 1.54) is 11.8 Å². The summed E-state index contributed by atoms with van der Waals surface area (Å²) >= 11 is 4.85. The summed E-state index contributed by atoms with van der Waals surface area (Å²) in [6, 6.07) is 0.269. The lowest BCUT2D eigenvalue weighted by atomic mass is 10.1. The number of nitrogen functional groups attached to an aromatic ring is 1. The van der Waals surface area contributed by atoms with Crippen molar-refractivity contribution >= 4 is 36.9 Å². The highest BCUT2D eigenvalue weighted by Crippen LogP contribution is 2.51. The first-order valence-corrected chi connectivity index (χ1v) is 12.1. The molecule has 178 valence electrons. The molecule has 0 bridgehead atoms. The third kappa shape index (κ3) is 5.02. The minimum Gasteiger partial charge on any atom is -0.467 e. The molecule has 12 nitrogen and oxygen atoms in total. The van der Waals surface area contributed by atoms with Crippen LogP contribution in [-0.4, -0.2) is 73.6 Å². The minimum atomic E-state index is -4.02. The Balaban J connectivity index is 1.65. The van der Waals surface area contributed by atoms with Gasteiger partial charge < -0.3 is 32.7 Å². The summed E-state index contributed by atoms with van der Waals surface area (Å²) in [4.78, 5) is 50.8. The van der Waals surface area contributed by atoms with E-state index in [-0.39, 0.29) is 11.7 Å². The largest absolute Gasteiger partial charge is 0.467 e. The molecule has 5 N–H and O–H groups in total. The zero-order chi connectivity index (χ0) is 23.8. The smallest absolute Gasteiger partial charge is 0.351 e. The lowest BCUT2D eigenvalue weighted by molar-refractivity contribution is -0.140. The number of hydrogen-bond acceptors (Lipinski definition) is 10. The van der Waals surface area contributed by atoms with Gasteiger partial charge in [0.05, 0.1) is 0 Å². The number of ether oxygens (including phenoxy) is 1. The fourth-order valence-corrected chi connectivity index (χ4v) is 4.84. The van der Waals surface area contributed by atoms with Gasteiger partial charge in [-0.05, 0) is 18.9 Å². The first kappa shape index (κ1) is 24.7. The van der Waals surface area contributed by atoms with Gasteiger partial charge in [-0.2, -0.15) is 18.9 Å². The summed E-state index contributed by atoms with van der Waals surface area (Å²) < 4.78 is 39.7. The predicted octanol–water partition coefficient (Wildman–Crippen LogP) is -0.920. The molecule has 2 saturated heterocycles. The van der Waals surface area contributed by atoms with Gasteiger partial charge in [-0.3, -0.25) is 14.2 Å². The zero-order valence-electron chi connectivity index (χ0n) is 16.8. The quantitative estimate of drug-likeness (QED) is 0.285. The molecule has 0 spiro atoms. The van der Waals surface area contributed by atoms with E-state index >= 15 is 0 Å². The van der Waals surface area contributed by atoms with Crippen LogP contribution in [0.15, 0.2) is 17.1 Å². The number of alkyl halides is 2. The first-order chi connectivity index (χ1) is 14.8.